The minimum atomic E-state index is 0.414. The zero-order chi connectivity index (χ0) is 14.5. The normalized spacial score (nSPS) is 25.0. The molecule has 1 heterocycles. The van der Waals surface area contributed by atoms with Crippen LogP contribution in [0.4, 0.5) is 0 Å². The lowest BCUT2D eigenvalue weighted by Crippen LogP contribution is -2.36. The molecule has 1 N–H and O–H groups in total. The van der Waals surface area contributed by atoms with E-state index in [9.17, 15) is 0 Å². The highest BCUT2D eigenvalue weighted by Gasteiger charge is 2.29. The molecular weight excluding hydrogens is 268 g/mol. The molecule has 112 valence electrons. The van der Waals surface area contributed by atoms with E-state index >= 15 is 0 Å². The van der Waals surface area contributed by atoms with Gasteiger partial charge in [0.15, 0.2) is 0 Å². The van der Waals surface area contributed by atoms with Crippen molar-refractivity contribution in [2.45, 2.75) is 57.7 Å². The molecule has 1 fully saturated rings. The molecule has 1 aliphatic rings. The Morgan fingerprint density at radius 2 is 2.00 bits per heavy atom. The number of halogens is 1. The summed E-state index contributed by atoms with van der Waals surface area (Å²) in [6.07, 6.45) is 5.14. The van der Waals surface area contributed by atoms with Gasteiger partial charge in [0.1, 0.15) is 0 Å². The maximum absolute atomic E-state index is 5.97. The highest BCUT2D eigenvalue weighted by atomic mass is 35.5. The lowest BCUT2D eigenvalue weighted by Gasteiger charge is -2.29. The highest BCUT2D eigenvalue weighted by Crippen LogP contribution is 2.28. The number of nitrogens with zero attached hydrogens (tertiary/aromatic N) is 1. The average Bonchev–Trinajstić information content (AvgIpc) is 2.82. The van der Waals surface area contributed by atoms with Crippen molar-refractivity contribution >= 4 is 11.6 Å². The maximum Gasteiger partial charge on any atom is 0.0406 e. The summed E-state index contributed by atoms with van der Waals surface area (Å²) in [4.78, 5) is 2.69. The van der Waals surface area contributed by atoms with Crippen LogP contribution in [0.15, 0.2) is 24.3 Å². The first kappa shape index (κ1) is 15.8. The van der Waals surface area contributed by atoms with Crippen molar-refractivity contribution in [1.29, 1.82) is 0 Å². The lowest BCUT2D eigenvalue weighted by atomic mass is 10.0. The van der Waals surface area contributed by atoms with Crippen LogP contribution in [-0.2, 0) is 0 Å². The Hall–Kier alpha value is -0.570. The molecule has 0 spiro atoms. The van der Waals surface area contributed by atoms with Gasteiger partial charge in [0.05, 0.1) is 0 Å². The summed E-state index contributed by atoms with van der Waals surface area (Å²) in [5.74, 6) is 0. The number of nitrogens with one attached hydrogen (secondary N) is 1. The predicted molar refractivity (Wildman–Crippen MR) is 87.4 cm³/mol. The van der Waals surface area contributed by atoms with Crippen LogP contribution in [0.5, 0.6) is 0 Å². The molecule has 2 rings (SSSR count). The fraction of sp³-hybridized carbons (Fsp3) is 0.647. The van der Waals surface area contributed by atoms with Crippen LogP contribution < -0.4 is 5.32 Å². The van der Waals surface area contributed by atoms with E-state index in [1.165, 1.54) is 31.4 Å². The van der Waals surface area contributed by atoms with Crippen LogP contribution >= 0.6 is 11.6 Å². The average molecular weight is 295 g/mol. The van der Waals surface area contributed by atoms with Crippen molar-refractivity contribution in [1.82, 2.24) is 10.2 Å². The topological polar surface area (TPSA) is 15.3 Å². The molecule has 0 aromatic heterocycles. The van der Waals surface area contributed by atoms with Crippen LogP contribution in [0, 0.1) is 0 Å². The Kier molecular flexibility index (Phi) is 5.88. The minimum absolute atomic E-state index is 0.414. The van der Waals surface area contributed by atoms with Crippen LogP contribution in [-0.4, -0.2) is 30.6 Å². The molecule has 0 aliphatic carbocycles. The molecule has 3 atom stereocenters. The second-order valence-electron chi connectivity index (χ2n) is 5.91. The monoisotopic (exact) mass is 294 g/mol. The van der Waals surface area contributed by atoms with Crippen molar-refractivity contribution < 1.29 is 0 Å². The van der Waals surface area contributed by atoms with Crippen molar-refractivity contribution in [3.63, 3.8) is 0 Å². The Labute approximate surface area is 128 Å². The quantitative estimate of drug-likeness (QED) is 0.843. The van der Waals surface area contributed by atoms with Gasteiger partial charge in [-0.2, -0.15) is 0 Å². The smallest absolute Gasteiger partial charge is 0.0406 e. The van der Waals surface area contributed by atoms with Crippen LogP contribution in [0.2, 0.25) is 5.02 Å². The van der Waals surface area contributed by atoms with E-state index in [0.29, 0.717) is 6.04 Å². The van der Waals surface area contributed by atoms with Gasteiger partial charge in [0.25, 0.3) is 0 Å². The first-order chi connectivity index (χ1) is 9.65. The summed E-state index contributed by atoms with van der Waals surface area (Å²) in [5.41, 5.74) is 1.33. The van der Waals surface area contributed by atoms with Gasteiger partial charge >= 0.3 is 0 Å². The summed E-state index contributed by atoms with van der Waals surface area (Å²) in [5, 5.41) is 4.25. The van der Waals surface area contributed by atoms with E-state index in [-0.39, 0.29) is 0 Å². The molecule has 1 aliphatic heterocycles. The zero-order valence-electron chi connectivity index (χ0n) is 12.9. The van der Waals surface area contributed by atoms with Gasteiger partial charge in [0.2, 0.25) is 0 Å². The van der Waals surface area contributed by atoms with Gasteiger partial charge in [-0.15, -0.1) is 0 Å². The minimum Gasteiger partial charge on any atom is -0.313 e. The second-order valence-corrected chi connectivity index (χ2v) is 6.34. The summed E-state index contributed by atoms with van der Waals surface area (Å²) < 4.78 is 0. The maximum atomic E-state index is 5.97. The van der Waals surface area contributed by atoms with Gasteiger partial charge in [-0.1, -0.05) is 30.7 Å². The Morgan fingerprint density at radius 3 is 2.60 bits per heavy atom. The van der Waals surface area contributed by atoms with Gasteiger partial charge in [0, 0.05) is 29.7 Å². The van der Waals surface area contributed by atoms with Crippen LogP contribution in [0.3, 0.4) is 0 Å². The molecule has 0 bridgehead atoms. The number of rotatable bonds is 6. The molecule has 2 nitrogen and oxygen atoms in total. The lowest BCUT2D eigenvalue weighted by molar-refractivity contribution is 0.189. The molecule has 1 aromatic rings. The number of likely N-dealkylation sites (tertiary alicyclic amines) is 1. The van der Waals surface area contributed by atoms with Crippen molar-refractivity contribution in [2.24, 2.45) is 0 Å². The molecule has 0 saturated carbocycles. The number of hydrogen-bond donors (Lipinski definition) is 1. The van der Waals surface area contributed by atoms with E-state index in [1.54, 1.807) is 0 Å². The van der Waals surface area contributed by atoms with Crippen molar-refractivity contribution in [3.05, 3.63) is 34.9 Å². The Morgan fingerprint density at radius 1 is 1.30 bits per heavy atom. The van der Waals surface area contributed by atoms with E-state index in [1.807, 2.05) is 19.2 Å². The van der Waals surface area contributed by atoms with Crippen LogP contribution in [0.1, 0.15) is 51.1 Å². The second kappa shape index (κ2) is 7.44. The van der Waals surface area contributed by atoms with Gasteiger partial charge in [-0.05, 0) is 57.4 Å². The van der Waals surface area contributed by atoms with Crippen molar-refractivity contribution in [3.8, 4) is 0 Å². The predicted octanol–water partition coefficient (Wildman–Crippen LogP) is 4.25. The van der Waals surface area contributed by atoms with E-state index < -0.39 is 0 Å². The first-order valence-corrected chi connectivity index (χ1v) is 8.22. The Balaban J connectivity index is 1.95. The molecule has 0 amide bonds. The fourth-order valence-electron chi connectivity index (χ4n) is 3.42. The van der Waals surface area contributed by atoms with Gasteiger partial charge in [-0.3, -0.25) is 4.90 Å². The third kappa shape index (κ3) is 3.75. The molecule has 3 unspecified atom stereocenters. The Bertz CT molecular complexity index is 404. The van der Waals surface area contributed by atoms with Gasteiger partial charge in [-0.25, -0.2) is 0 Å². The molecule has 20 heavy (non-hydrogen) atoms. The summed E-state index contributed by atoms with van der Waals surface area (Å²) in [7, 11) is 2.05. The first-order valence-electron chi connectivity index (χ1n) is 7.84. The highest BCUT2D eigenvalue weighted by molar-refractivity contribution is 6.30. The number of benzene rings is 1. The SMILES string of the molecule is CCC1CCC(C)N1CCC(NC)c1ccc(Cl)cc1. The zero-order valence-corrected chi connectivity index (χ0v) is 13.7. The number of hydrogen-bond acceptors (Lipinski definition) is 2. The van der Waals surface area contributed by atoms with E-state index in [2.05, 4.69) is 36.2 Å². The summed E-state index contributed by atoms with van der Waals surface area (Å²) in [6.45, 7) is 5.85. The third-order valence-corrected chi connectivity index (χ3v) is 4.97. The summed E-state index contributed by atoms with van der Waals surface area (Å²) in [6, 6.07) is 10.2. The van der Waals surface area contributed by atoms with E-state index in [4.69, 9.17) is 11.6 Å². The van der Waals surface area contributed by atoms with E-state index in [0.717, 1.165) is 23.5 Å². The standard InChI is InChI=1S/C17H27ClN2/c1-4-16-10-5-13(2)20(16)12-11-17(19-3)14-6-8-15(18)9-7-14/h6-9,13,16-17,19H,4-5,10-12H2,1-3H3. The molecule has 3 heteroatoms. The molecule has 0 radical (unpaired) electrons. The summed E-state index contributed by atoms with van der Waals surface area (Å²) >= 11 is 5.97. The largest absolute Gasteiger partial charge is 0.313 e. The molecule has 1 saturated heterocycles. The third-order valence-electron chi connectivity index (χ3n) is 4.72. The molecule has 1 aromatic carbocycles. The molecular formula is C17H27ClN2. The van der Waals surface area contributed by atoms with Crippen molar-refractivity contribution in [2.75, 3.05) is 13.6 Å². The fourth-order valence-corrected chi connectivity index (χ4v) is 3.54. The van der Waals surface area contributed by atoms with Gasteiger partial charge < -0.3 is 5.32 Å². The van der Waals surface area contributed by atoms with Crippen LogP contribution in [0.25, 0.3) is 0 Å².